The van der Waals surface area contributed by atoms with E-state index >= 15 is 0 Å². The summed E-state index contributed by atoms with van der Waals surface area (Å²) >= 11 is 0. The number of rotatable bonds is 2. The molecule has 0 saturated heterocycles. The lowest BCUT2D eigenvalue weighted by Gasteiger charge is -2.07. The topological polar surface area (TPSA) is 38.9 Å². The van der Waals surface area contributed by atoms with Gasteiger partial charge >= 0.3 is 0 Å². The van der Waals surface area contributed by atoms with E-state index in [1.807, 2.05) is 0 Å². The first-order valence-corrected chi connectivity index (χ1v) is 5.97. The second-order valence-corrected chi connectivity index (χ2v) is 4.62. The minimum absolute atomic E-state index is 0.669. The van der Waals surface area contributed by atoms with Gasteiger partial charge in [0, 0.05) is 5.39 Å². The highest BCUT2D eigenvalue weighted by Crippen LogP contribution is 2.43. The summed E-state index contributed by atoms with van der Waals surface area (Å²) in [5, 5.41) is 1.22. The molecule has 2 aromatic rings. The molecule has 1 heterocycles. The van der Waals surface area contributed by atoms with Crippen LogP contribution in [0.5, 0.6) is 0 Å². The molecule has 0 spiro atoms. The summed E-state index contributed by atoms with van der Waals surface area (Å²) in [6.45, 7) is 2.16. The molecule has 2 N–H and O–H groups in total. The predicted octanol–water partition coefficient (Wildman–Crippen LogP) is 3.26. The highest BCUT2D eigenvalue weighted by molar-refractivity contribution is 5.82. The second-order valence-electron chi connectivity index (χ2n) is 4.62. The van der Waals surface area contributed by atoms with Crippen molar-refractivity contribution in [2.24, 2.45) is 0 Å². The van der Waals surface area contributed by atoms with E-state index in [-0.39, 0.29) is 0 Å². The van der Waals surface area contributed by atoms with Crippen LogP contribution in [0.3, 0.4) is 0 Å². The molecule has 0 amide bonds. The molecule has 82 valence electrons. The number of hydrogen-bond acceptors (Lipinski definition) is 2. The summed E-state index contributed by atoms with van der Waals surface area (Å²) in [4.78, 5) is 4.52. The summed E-state index contributed by atoms with van der Waals surface area (Å²) < 4.78 is 0. The number of nitrogens with zero attached hydrogens (tertiary/aromatic N) is 1. The number of nitrogen functional groups attached to an aromatic ring is 1. The zero-order chi connectivity index (χ0) is 11.1. The van der Waals surface area contributed by atoms with Gasteiger partial charge < -0.3 is 5.73 Å². The van der Waals surface area contributed by atoms with Gasteiger partial charge in [-0.3, -0.25) is 0 Å². The predicted molar refractivity (Wildman–Crippen MR) is 67.5 cm³/mol. The van der Waals surface area contributed by atoms with Crippen molar-refractivity contribution in [3.63, 3.8) is 0 Å². The van der Waals surface area contributed by atoms with E-state index in [4.69, 9.17) is 5.73 Å². The van der Waals surface area contributed by atoms with E-state index in [0.717, 1.165) is 17.8 Å². The fourth-order valence-corrected chi connectivity index (χ4v) is 2.19. The van der Waals surface area contributed by atoms with Crippen molar-refractivity contribution >= 4 is 16.7 Å². The number of aromatic nitrogens is 1. The number of benzene rings is 1. The minimum Gasteiger partial charge on any atom is -0.383 e. The Morgan fingerprint density at radius 2 is 2.12 bits per heavy atom. The van der Waals surface area contributed by atoms with E-state index in [2.05, 4.69) is 36.2 Å². The Bertz CT molecular complexity index is 542. The van der Waals surface area contributed by atoms with Crippen molar-refractivity contribution in [3.05, 3.63) is 35.4 Å². The molecule has 0 unspecified atom stereocenters. The molecule has 1 fully saturated rings. The Hall–Kier alpha value is -1.57. The largest absolute Gasteiger partial charge is 0.383 e. The monoisotopic (exact) mass is 212 g/mol. The third-order valence-electron chi connectivity index (χ3n) is 3.37. The average molecular weight is 212 g/mol. The van der Waals surface area contributed by atoms with Crippen molar-refractivity contribution in [2.75, 3.05) is 5.73 Å². The molecule has 16 heavy (non-hydrogen) atoms. The number of fused-ring (bicyclic) bond motifs is 1. The quantitative estimate of drug-likeness (QED) is 0.829. The smallest absolute Gasteiger partial charge is 0.127 e. The van der Waals surface area contributed by atoms with Crippen molar-refractivity contribution in [1.82, 2.24) is 4.98 Å². The van der Waals surface area contributed by atoms with Crippen molar-refractivity contribution in [2.45, 2.75) is 32.1 Å². The second kappa shape index (κ2) is 3.48. The maximum Gasteiger partial charge on any atom is 0.127 e. The van der Waals surface area contributed by atoms with Gasteiger partial charge in [0.2, 0.25) is 0 Å². The van der Waals surface area contributed by atoms with E-state index in [9.17, 15) is 0 Å². The Balaban J connectivity index is 2.18. The standard InChI is InChI=1S/C14H16N2/c1-2-9-3-4-11-8-12(10-5-6-10)14(15)16-13(11)7-9/h3-4,7-8,10H,2,5-6H2,1H3,(H2,15,16). The molecule has 0 radical (unpaired) electrons. The van der Waals surface area contributed by atoms with E-state index in [1.165, 1.54) is 29.4 Å². The summed E-state index contributed by atoms with van der Waals surface area (Å²) in [6.07, 6.45) is 3.58. The molecular weight excluding hydrogens is 196 g/mol. The van der Waals surface area contributed by atoms with Crippen LogP contribution in [-0.2, 0) is 6.42 Å². The Morgan fingerprint density at radius 3 is 2.81 bits per heavy atom. The van der Waals surface area contributed by atoms with Crippen LogP contribution in [0.2, 0.25) is 0 Å². The van der Waals surface area contributed by atoms with Gasteiger partial charge in [0.1, 0.15) is 5.82 Å². The third kappa shape index (κ3) is 1.54. The van der Waals surface area contributed by atoms with Gasteiger partial charge in [0.05, 0.1) is 5.52 Å². The van der Waals surface area contributed by atoms with Gasteiger partial charge in [-0.25, -0.2) is 4.98 Å². The van der Waals surface area contributed by atoms with Gasteiger partial charge in [0.15, 0.2) is 0 Å². The average Bonchev–Trinajstić information content (AvgIpc) is 3.11. The normalized spacial score (nSPS) is 15.6. The van der Waals surface area contributed by atoms with Crippen LogP contribution in [0.1, 0.15) is 36.8 Å². The number of pyridine rings is 1. The van der Waals surface area contributed by atoms with Crippen molar-refractivity contribution < 1.29 is 0 Å². The molecule has 0 atom stereocenters. The van der Waals surface area contributed by atoms with Crippen molar-refractivity contribution in [1.29, 1.82) is 0 Å². The lowest BCUT2D eigenvalue weighted by atomic mass is 10.1. The van der Waals surface area contributed by atoms with Gasteiger partial charge in [0.25, 0.3) is 0 Å². The van der Waals surface area contributed by atoms with Crippen LogP contribution < -0.4 is 5.73 Å². The number of hydrogen-bond donors (Lipinski definition) is 1. The highest BCUT2D eigenvalue weighted by atomic mass is 14.8. The molecule has 2 nitrogen and oxygen atoms in total. The van der Waals surface area contributed by atoms with Gasteiger partial charge in [-0.2, -0.15) is 0 Å². The van der Waals surface area contributed by atoms with Gasteiger partial charge in [-0.15, -0.1) is 0 Å². The molecule has 1 aromatic carbocycles. The number of aryl methyl sites for hydroxylation is 1. The van der Waals surface area contributed by atoms with E-state index in [1.54, 1.807) is 0 Å². The first kappa shape index (κ1) is 9.64. The molecule has 3 rings (SSSR count). The highest BCUT2D eigenvalue weighted by Gasteiger charge is 2.26. The molecule has 1 aliphatic rings. The summed E-state index contributed by atoms with van der Waals surface area (Å²) in [5.41, 5.74) is 9.60. The maximum absolute atomic E-state index is 6.01. The minimum atomic E-state index is 0.669. The van der Waals surface area contributed by atoms with Crippen LogP contribution >= 0.6 is 0 Å². The van der Waals surface area contributed by atoms with Crippen LogP contribution in [-0.4, -0.2) is 4.98 Å². The fraction of sp³-hybridized carbons (Fsp3) is 0.357. The Kier molecular flexibility index (Phi) is 2.10. The molecule has 0 aliphatic heterocycles. The van der Waals surface area contributed by atoms with Crippen LogP contribution in [0, 0.1) is 0 Å². The van der Waals surface area contributed by atoms with Crippen molar-refractivity contribution in [3.8, 4) is 0 Å². The molecule has 1 aliphatic carbocycles. The summed E-state index contributed by atoms with van der Waals surface area (Å²) in [5.74, 6) is 1.39. The first-order valence-electron chi connectivity index (χ1n) is 5.97. The summed E-state index contributed by atoms with van der Waals surface area (Å²) in [7, 11) is 0. The SMILES string of the molecule is CCc1ccc2cc(C3CC3)c(N)nc2c1. The number of anilines is 1. The molecular formula is C14H16N2. The van der Waals surface area contributed by atoms with Gasteiger partial charge in [-0.05, 0) is 48.4 Å². The molecule has 2 heteroatoms. The van der Waals surface area contributed by atoms with Crippen LogP contribution in [0.25, 0.3) is 10.9 Å². The van der Waals surface area contributed by atoms with Crippen LogP contribution in [0.15, 0.2) is 24.3 Å². The lowest BCUT2D eigenvalue weighted by molar-refractivity contribution is 1.11. The lowest BCUT2D eigenvalue weighted by Crippen LogP contribution is -1.97. The zero-order valence-electron chi connectivity index (χ0n) is 9.53. The fourth-order valence-electron chi connectivity index (χ4n) is 2.19. The van der Waals surface area contributed by atoms with Gasteiger partial charge in [-0.1, -0.05) is 19.1 Å². The van der Waals surface area contributed by atoms with Crippen LogP contribution in [0.4, 0.5) is 5.82 Å². The molecule has 1 saturated carbocycles. The summed E-state index contributed by atoms with van der Waals surface area (Å²) in [6, 6.07) is 8.69. The Labute approximate surface area is 95.5 Å². The van der Waals surface area contributed by atoms with E-state index < -0.39 is 0 Å². The maximum atomic E-state index is 6.01. The first-order chi connectivity index (χ1) is 7.78. The van der Waals surface area contributed by atoms with E-state index in [0.29, 0.717) is 5.92 Å². The molecule has 1 aromatic heterocycles. The third-order valence-corrected chi connectivity index (χ3v) is 3.37. The zero-order valence-corrected chi connectivity index (χ0v) is 9.53. The Morgan fingerprint density at radius 1 is 1.31 bits per heavy atom. The molecule has 0 bridgehead atoms. The number of nitrogens with two attached hydrogens (primary N) is 1.